The zero-order valence-electron chi connectivity index (χ0n) is 11.7. The molecular weight excluding hydrogens is 248 g/mol. The molecule has 0 aromatic heterocycles. The van der Waals surface area contributed by atoms with Crippen LogP contribution >= 0.6 is 0 Å². The van der Waals surface area contributed by atoms with Crippen LogP contribution in [0.25, 0.3) is 0 Å². The van der Waals surface area contributed by atoms with Crippen molar-refractivity contribution < 1.29 is 4.84 Å². The van der Waals surface area contributed by atoms with Crippen molar-refractivity contribution in [3.63, 3.8) is 0 Å². The number of hydrogen-bond acceptors (Lipinski definition) is 3. The molecule has 0 bridgehead atoms. The molecule has 3 heteroatoms. The first kappa shape index (κ1) is 13.9. The molecule has 1 N–H and O–H groups in total. The third-order valence-corrected chi connectivity index (χ3v) is 2.74. The Bertz CT molecular complexity index is 589. The second-order valence-electron chi connectivity index (χ2n) is 4.32. The van der Waals surface area contributed by atoms with Gasteiger partial charge < -0.3 is 4.84 Å². The van der Waals surface area contributed by atoms with E-state index < -0.39 is 0 Å². The minimum Gasteiger partial charge on any atom is -0.383 e. The highest BCUT2D eigenvalue weighted by molar-refractivity contribution is 6.08. The van der Waals surface area contributed by atoms with Gasteiger partial charge in [-0.1, -0.05) is 48.5 Å². The zero-order chi connectivity index (χ0) is 14.2. The molecule has 0 aliphatic heterocycles. The van der Waals surface area contributed by atoms with Crippen LogP contribution in [0.1, 0.15) is 12.5 Å². The van der Waals surface area contributed by atoms with E-state index in [1.54, 1.807) is 7.05 Å². The lowest BCUT2D eigenvalue weighted by Gasteiger charge is -2.09. The number of para-hydroxylation sites is 1. The van der Waals surface area contributed by atoms with E-state index in [0.717, 1.165) is 22.7 Å². The molecular formula is C17H18N2O. The second kappa shape index (κ2) is 7.14. The van der Waals surface area contributed by atoms with Gasteiger partial charge in [0, 0.05) is 12.7 Å². The Morgan fingerprint density at radius 1 is 1.00 bits per heavy atom. The van der Waals surface area contributed by atoms with Gasteiger partial charge in [-0.3, -0.25) is 4.99 Å². The highest BCUT2D eigenvalue weighted by Crippen LogP contribution is 2.08. The predicted octanol–water partition coefficient (Wildman–Crippen LogP) is 3.59. The van der Waals surface area contributed by atoms with E-state index in [1.165, 1.54) is 0 Å². The van der Waals surface area contributed by atoms with Gasteiger partial charge in [0.2, 0.25) is 0 Å². The molecule has 0 aliphatic carbocycles. The lowest BCUT2D eigenvalue weighted by atomic mass is 10.1. The van der Waals surface area contributed by atoms with Crippen molar-refractivity contribution in [2.75, 3.05) is 7.05 Å². The van der Waals surface area contributed by atoms with E-state index >= 15 is 0 Å². The van der Waals surface area contributed by atoms with Gasteiger partial charge in [-0.2, -0.15) is 0 Å². The third-order valence-electron chi connectivity index (χ3n) is 2.74. The number of benzene rings is 2. The van der Waals surface area contributed by atoms with Gasteiger partial charge in [-0.05, 0) is 30.7 Å². The zero-order valence-corrected chi connectivity index (χ0v) is 11.7. The van der Waals surface area contributed by atoms with Gasteiger partial charge in [0.15, 0.2) is 5.75 Å². The van der Waals surface area contributed by atoms with Gasteiger partial charge in [-0.25, -0.2) is 5.48 Å². The van der Waals surface area contributed by atoms with Crippen molar-refractivity contribution in [2.24, 2.45) is 4.99 Å². The molecule has 2 aromatic rings. The van der Waals surface area contributed by atoms with E-state index in [1.807, 2.05) is 73.7 Å². The van der Waals surface area contributed by atoms with Gasteiger partial charge in [0.25, 0.3) is 0 Å². The second-order valence-corrected chi connectivity index (χ2v) is 4.32. The minimum absolute atomic E-state index is 0.773. The van der Waals surface area contributed by atoms with Crippen molar-refractivity contribution in [3.8, 4) is 5.75 Å². The summed E-state index contributed by atoms with van der Waals surface area (Å²) in [7, 11) is 1.78. The van der Waals surface area contributed by atoms with E-state index in [2.05, 4.69) is 10.5 Å². The molecule has 0 aliphatic rings. The number of nitrogens with zero attached hydrogens (tertiary/aromatic N) is 1. The lowest BCUT2D eigenvalue weighted by molar-refractivity contribution is 0.230. The highest BCUT2D eigenvalue weighted by Gasteiger charge is 2.00. The molecule has 102 valence electrons. The molecule has 2 rings (SSSR count). The number of nitrogens with one attached hydrogen (secondary N) is 1. The molecule has 2 aromatic carbocycles. The molecule has 0 heterocycles. The van der Waals surface area contributed by atoms with Crippen molar-refractivity contribution in [1.82, 2.24) is 5.48 Å². The fraction of sp³-hybridized carbons (Fsp3) is 0.118. The Morgan fingerprint density at radius 3 is 2.20 bits per heavy atom. The molecule has 0 saturated heterocycles. The Morgan fingerprint density at radius 2 is 1.60 bits per heavy atom. The summed E-state index contributed by atoms with van der Waals surface area (Å²) in [6, 6.07) is 19.6. The molecule has 0 radical (unpaired) electrons. The first-order valence-corrected chi connectivity index (χ1v) is 6.48. The number of allylic oxidation sites excluding steroid dienone is 2. The average molecular weight is 266 g/mol. The Balaban J connectivity index is 2.02. The summed E-state index contributed by atoms with van der Waals surface area (Å²) in [5.74, 6) is 0.773. The highest BCUT2D eigenvalue weighted by atomic mass is 16.6. The molecule has 20 heavy (non-hydrogen) atoms. The largest absolute Gasteiger partial charge is 0.383 e. The molecule has 0 saturated carbocycles. The van der Waals surface area contributed by atoms with Gasteiger partial charge in [-0.15, -0.1) is 0 Å². The van der Waals surface area contributed by atoms with E-state index in [-0.39, 0.29) is 0 Å². The maximum Gasteiger partial charge on any atom is 0.155 e. The Hall–Kier alpha value is -2.55. The van der Waals surface area contributed by atoms with Crippen molar-refractivity contribution >= 4 is 5.71 Å². The van der Waals surface area contributed by atoms with Crippen LogP contribution < -0.4 is 10.3 Å². The van der Waals surface area contributed by atoms with Crippen LogP contribution in [0.5, 0.6) is 5.75 Å². The number of hydrogen-bond donors (Lipinski definition) is 1. The SMILES string of the molecule is CN=C(C=C(C)NOc1ccccc1)c1ccccc1. The number of hydroxylamine groups is 1. The molecule has 3 nitrogen and oxygen atoms in total. The summed E-state index contributed by atoms with van der Waals surface area (Å²) in [6.45, 7) is 1.94. The fourth-order valence-electron chi connectivity index (χ4n) is 1.75. The third kappa shape index (κ3) is 3.99. The maximum atomic E-state index is 5.48. The fourth-order valence-corrected chi connectivity index (χ4v) is 1.75. The van der Waals surface area contributed by atoms with E-state index in [4.69, 9.17) is 4.84 Å². The number of aliphatic imine (C=N–C) groups is 1. The average Bonchev–Trinajstić information content (AvgIpc) is 2.52. The smallest absolute Gasteiger partial charge is 0.155 e. The summed E-state index contributed by atoms with van der Waals surface area (Å²) in [5.41, 5.74) is 5.79. The molecule has 0 spiro atoms. The summed E-state index contributed by atoms with van der Waals surface area (Å²) in [6.07, 6.45) is 1.96. The summed E-state index contributed by atoms with van der Waals surface area (Å²) in [5, 5.41) is 0. The van der Waals surface area contributed by atoms with Crippen molar-refractivity contribution in [2.45, 2.75) is 6.92 Å². The summed E-state index contributed by atoms with van der Waals surface area (Å²) < 4.78 is 0. The number of rotatable bonds is 5. The van der Waals surface area contributed by atoms with Crippen LogP contribution in [0.15, 0.2) is 77.4 Å². The molecule has 0 amide bonds. The normalized spacial score (nSPS) is 12.1. The summed E-state index contributed by atoms with van der Waals surface area (Å²) >= 11 is 0. The quantitative estimate of drug-likeness (QED) is 0.662. The topological polar surface area (TPSA) is 33.6 Å². The first-order valence-electron chi connectivity index (χ1n) is 6.48. The molecule has 0 atom stereocenters. The van der Waals surface area contributed by atoms with Crippen LogP contribution in [0.3, 0.4) is 0 Å². The van der Waals surface area contributed by atoms with Crippen LogP contribution in [0.4, 0.5) is 0 Å². The van der Waals surface area contributed by atoms with Crippen molar-refractivity contribution in [1.29, 1.82) is 0 Å². The lowest BCUT2D eigenvalue weighted by Crippen LogP contribution is -2.17. The Labute approximate surface area is 119 Å². The maximum absolute atomic E-state index is 5.48. The van der Waals surface area contributed by atoms with Gasteiger partial charge in [0.05, 0.1) is 5.71 Å². The molecule has 0 unspecified atom stereocenters. The van der Waals surface area contributed by atoms with E-state index in [0.29, 0.717) is 0 Å². The van der Waals surface area contributed by atoms with Crippen LogP contribution in [-0.2, 0) is 0 Å². The Kier molecular flexibility index (Phi) is 4.95. The van der Waals surface area contributed by atoms with E-state index in [9.17, 15) is 0 Å². The van der Waals surface area contributed by atoms with Gasteiger partial charge in [0.1, 0.15) is 0 Å². The van der Waals surface area contributed by atoms with Crippen molar-refractivity contribution in [3.05, 3.63) is 78.0 Å². The molecule has 0 fully saturated rings. The predicted molar refractivity (Wildman–Crippen MR) is 82.9 cm³/mol. The first-order chi connectivity index (χ1) is 9.79. The van der Waals surface area contributed by atoms with Crippen LogP contribution in [0, 0.1) is 0 Å². The summed E-state index contributed by atoms with van der Waals surface area (Å²) in [4.78, 5) is 9.77. The van der Waals surface area contributed by atoms with Crippen LogP contribution in [-0.4, -0.2) is 12.8 Å². The van der Waals surface area contributed by atoms with Gasteiger partial charge >= 0.3 is 0 Å². The monoisotopic (exact) mass is 266 g/mol. The standard InChI is InChI=1S/C17H18N2O/c1-14(19-20-16-11-7-4-8-12-16)13-17(18-2)15-9-5-3-6-10-15/h3-13,19H,1-2H3. The minimum atomic E-state index is 0.773. The van der Waals surface area contributed by atoms with Crippen LogP contribution in [0.2, 0.25) is 0 Å².